The summed E-state index contributed by atoms with van der Waals surface area (Å²) in [5.41, 5.74) is 5.48. The van der Waals surface area contributed by atoms with Crippen LogP contribution in [0, 0.1) is 13.8 Å². The summed E-state index contributed by atoms with van der Waals surface area (Å²) in [5.74, 6) is 1.59. The molecular weight excluding hydrogens is 420 g/mol. The first-order valence-electron chi connectivity index (χ1n) is 10.4. The molecule has 178 valence electrons. The Bertz CT molecular complexity index is 975. The van der Waals surface area contributed by atoms with E-state index in [1.165, 1.54) is 11.1 Å². The number of carbonyl (C=O) groups excluding carboxylic acids is 1. The van der Waals surface area contributed by atoms with Crippen molar-refractivity contribution in [3.8, 4) is 11.5 Å². The Morgan fingerprint density at radius 1 is 0.970 bits per heavy atom. The van der Waals surface area contributed by atoms with Gasteiger partial charge in [-0.25, -0.2) is 0 Å². The molecule has 3 aromatic carbocycles. The van der Waals surface area contributed by atoms with E-state index >= 15 is 0 Å². The normalized spacial score (nSPS) is 10.8. The Balaban J connectivity index is 0.000000298. The molecule has 4 rings (SSSR count). The number of hydrogen-bond acceptors (Lipinski definition) is 6. The van der Waals surface area contributed by atoms with Gasteiger partial charge >= 0.3 is 0 Å². The maximum atomic E-state index is 10.9. The molecule has 0 atom stereocenters. The fourth-order valence-electron chi connectivity index (χ4n) is 2.97. The van der Waals surface area contributed by atoms with E-state index in [4.69, 9.17) is 19.7 Å². The summed E-state index contributed by atoms with van der Waals surface area (Å²) in [5, 5.41) is 20.1. The Morgan fingerprint density at radius 3 is 2.27 bits per heavy atom. The summed E-state index contributed by atoms with van der Waals surface area (Å²) in [6.07, 6.45) is 0. The van der Waals surface area contributed by atoms with E-state index in [9.17, 15) is 4.79 Å². The minimum Gasteiger partial charge on any atom is -0.497 e. The lowest BCUT2D eigenvalue weighted by Crippen LogP contribution is -2.25. The number of aliphatic hydroxyl groups is 2. The van der Waals surface area contributed by atoms with Crippen molar-refractivity contribution in [1.82, 2.24) is 0 Å². The van der Waals surface area contributed by atoms with Crippen LogP contribution in [-0.4, -0.2) is 44.1 Å². The predicted molar refractivity (Wildman–Crippen MR) is 133 cm³/mol. The molecule has 0 spiro atoms. The molecule has 1 aliphatic heterocycles. The lowest BCUT2D eigenvalue weighted by molar-refractivity contribution is -0.118. The molecule has 7 heteroatoms. The lowest BCUT2D eigenvalue weighted by Gasteiger charge is -2.19. The SMILES string of the molecule is CO.CO.COc1ccc(CNc2cccc(C)c2)cc1.Cc1cccc2c1OCC(=O)N2. The second kappa shape index (κ2) is 15.3. The molecule has 1 aliphatic rings. The largest absolute Gasteiger partial charge is 0.497 e. The minimum absolute atomic E-state index is 0.0897. The number of ether oxygens (including phenoxy) is 2. The molecule has 0 aromatic heterocycles. The number of nitrogens with one attached hydrogen (secondary N) is 2. The van der Waals surface area contributed by atoms with Crippen molar-refractivity contribution in [1.29, 1.82) is 0 Å². The van der Waals surface area contributed by atoms with Crippen LogP contribution in [0.4, 0.5) is 11.4 Å². The van der Waals surface area contributed by atoms with Gasteiger partial charge in [0.1, 0.15) is 11.5 Å². The van der Waals surface area contributed by atoms with Crippen LogP contribution >= 0.6 is 0 Å². The van der Waals surface area contributed by atoms with Crippen molar-refractivity contribution in [2.75, 3.05) is 38.6 Å². The first-order chi connectivity index (χ1) is 16.0. The zero-order chi connectivity index (χ0) is 24.6. The molecule has 0 aliphatic carbocycles. The number of carbonyl (C=O) groups is 1. The average Bonchev–Trinajstić information content (AvgIpc) is 2.86. The van der Waals surface area contributed by atoms with Gasteiger partial charge in [-0.2, -0.15) is 0 Å². The lowest BCUT2D eigenvalue weighted by atomic mass is 10.2. The molecule has 3 aromatic rings. The molecule has 0 saturated carbocycles. The fraction of sp³-hybridized carbons (Fsp3) is 0.269. The van der Waals surface area contributed by atoms with Gasteiger partial charge in [0.25, 0.3) is 5.91 Å². The van der Waals surface area contributed by atoms with Crippen LogP contribution in [0.15, 0.2) is 66.7 Å². The van der Waals surface area contributed by atoms with E-state index < -0.39 is 0 Å². The summed E-state index contributed by atoms with van der Waals surface area (Å²) >= 11 is 0. The highest BCUT2D eigenvalue weighted by molar-refractivity contribution is 5.95. The van der Waals surface area contributed by atoms with Gasteiger partial charge in [0.15, 0.2) is 6.61 Å². The predicted octanol–water partition coefficient (Wildman–Crippen LogP) is 4.16. The Morgan fingerprint density at radius 2 is 1.64 bits per heavy atom. The molecule has 33 heavy (non-hydrogen) atoms. The summed E-state index contributed by atoms with van der Waals surface area (Å²) in [6, 6.07) is 22.2. The van der Waals surface area contributed by atoms with Crippen molar-refractivity contribution in [3.63, 3.8) is 0 Å². The molecule has 0 bridgehead atoms. The summed E-state index contributed by atoms with van der Waals surface area (Å²) in [7, 11) is 3.68. The number of para-hydroxylation sites is 1. The van der Waals surface area contributed by atoms with Gasteiger partial charge in [0, 0.05) is 26.5 Å². The zero-order valence-corrected chi connectivity index (χ0v) is 19.9. The molecule has 7 nitrogen and oxygen atoms in total. The quantitative estimate of drug-likeness (QED) is 0.472. The Kier molecular flexibility index (Phi) is 12.7. The van der Waals surface area contributed by atoms with Crippen molar-refractivity contribution in [3.05, 3.63) is 83.4 Å². The first-order valence-corrected chi connectivity index (χ1v) is 10.4. The van der Waals surface area contributed by atoms with Gasteiger partial charge in [0.05, 0.1) is 12.8 Å². The number of aryl methyl sites for hydroxylation is 2. The minimum atomic E-state index is -0.0897. The number of methoxy groups -OCH3 is 1. The second-order valence-electron chi connectivity index (χ2n) is 6.86. The number of amides is 1. The van der Waals surface area contributed by atoms with Crippen molar-refractivity contribution in [2.45, 2.75) is 20.4 Å². The highest BCUT2D eigenvalue weighted by Crippen LogP contribution is 2.30. The average molecular weight is 455 g/mol. The van der Waals surface area contributed by atoms with Crippen molar-refractivity contribution >= 4 is 17.3 Å². The number of hydrogen-bond donors (Lipinski definition) is 4. The third-order valence-electron chi connectivity index (χ3n) is 4.51. The van der Waals surface area contributed by atoms with Crippen LogP contribution in [0.2, 0.25) is 0 Å². The van der Waals surface area contributed by atoms with E-state index in [1.807, 2.05) is 37.3 Å². The molecule has 0 saturated heterocycles. The number of rotatable bonds is 4. The highest BCUT2D eigenvalue weighted by atomic mass is 16.5. The van der Waals surface area contributed by atoms with Gasteiger partial charge in [-0.3, -0.25) is 4.79 Å². The van der Waals surface area contributed by atoms with Gasteiger partial charge in [0.2, 0.25) is 0 Å². The van der Waals surface area contributed by atoms with E-state index in [0.29, 0.717) is 0 Å². The van der Waals surface area contributed by atoms with Gasteiger partial charge in [-0.05, 0) is 60.9 Å². The van der Waals surface area contributed by atoms with Crippen LogP contribution in [0.25, 0.3) is 0 Å². The third-order valence-corrected chi connectivity index (χ3v) is 4.51. The topological polar surface area (TPSA) is 100 Å². The number of fused-ring (bicyclic) bond motifs is 1. The standard InChI is InChI=1S/C15H17NO.C9H9NO2.2CH4O/c1-12-4-3-5-14(10-12)16-11-13-6-8-15(17-2)9-7-13;1-6-3-2-4-7-9(6)12-5-8(11)10-7;2*1-2/h3-10,16H,11H2,1-2H3;2-4H,5H2,1H3,(H,10,11);2*2H,1H3. The second-order valence-corrected chi connectivity index (χ2v) is 6.86. The molecule has 0 fully saturated rings. The van der Waals surface area contributed by atoms with Crippen molar-refractivity contribution in [2.24, 2.45) is 0 Å². The van der Waals surface area contributed by atoms with E-state index in [1.54, 1.807) is 7.11 Å². The number of anilines is 2. The number of benzene rings is 3. The molecule has 0 unspecified atom stereocenters. The molecule has 1 heterocycles. The zero-order valence-electron chi connectivity index (χ0n) is 19.9. The van der Waals surface area contributed by atoms with Gasteiger partial charge in [-0.15, -0.1) is 0 Å². The van der Waals surface area contributed by atoms with Crippen LogP contribution in [-0.2, 0) is 11.3 Å². The van der Waals surface area contributed by atoms with E-state index in [0.717, 1.165) is 49.2 Å². The van der Waals surface area contributed by atoms with Crippen LogP contribution in [0.3, 0.4) is 0 Å². The van der Waals surface area contributed by atoms with Crippen molar-refractivity contribution < 1.29 is 24.5 Å². The summed E-state index contributed by atoms with van der Waals surface area (Å²) < 4.78 is 10.4. The smallest absolute Gasteiger partial charge is 0.262 e. The third kappa shape index (κ3) is 9.22. The van der Waals surface area contributed by atoms with E-state index in [-0.39, 0.29) is 12.5 Å². The first kappa shape index (κ1) is 27.5. The highest BCUT2D eigenvalue weighted by Gasteiger charge is 2.16. The Hall–Kier alpha value is -3.55. The maximum absolute atomic E-state index is 10.9. The van der Waals surface area contributed by atoms with Crippen LogP contribution in [0.5, 0.6) is 11.5 Å². The van der Waals surface area contributed by atoms with E-state index in [2.05, 4.69) is 54.0 Å². The maximum Gasteiger partial charge on any atom is 0.262 e. The summed E-state index contributed by atoms with van der Waals surface area (Å²) in [4.78, 5) is 10.9. The molecule has 0 radical (unpaired) electrons. The molecule has 4 N–H and O–H groups in total. The van der Waals surface area contributed by atoms with Crippen LogP contribution in [0.1, 0.15) is 16.7 Å². The van der Waals surface area contributed by atoms with Crippen LogP contribution < -0.4 is 20.1 Å². The fourth-order valence-corrected chi connectivity index (χ4v) is 2.97. The number of aliphatic hydroxyl groups excluding tert-OH is 2. The Labute approximate surface area is 196 Å². The monoisotopic (exact) mass is 454 g/mol. The van der Waals surface area contributed by atoms with Gasteiger partial charge in [-0.1, -0.05) is 36.4 Å². The summed E-state index contributed by atoms with van der Waals surface area (Å²) in [6.45, 7) is 5.00. The van der Waals surface area contributed by atoms with Gasteiger partial charge < -0.3 is 30.3 Å². The molecular formula is C26H34N2O5. The molecule has 1 amide bonds.